The smallest absolute Gasteiger partial charge is 0.389 e. The molecule has 1 amide bonds. The summed E-state index contributed by atoms with van der Waals surface area (Å²) in [6, 6.07) is -0.956. The van der Waals surface area contributed by atoms with Crippen molar-refractivity contribution in [2.45, 2.75) is 135 Å². The number of hydrogen-bond acceptors (Lipinski definition) is 7. The first kappa shape index (κ1) is 52.3. The highest BCUT2D eigenvalue weighted by molar-refractivity contribution is 7.47. The molecule has 0 rings (SSSR count). The number of nitrogens with one attached hydrogen (secondary N) is 1. The lowest BCUT2D eigenvalue weighted by Gasteiger charge is -2.25. The molecule has 0 heterocycles. The van der Waals surface area contributed by atoms with Crippen LogP contribution in [0, 0.1) is 0 Å². The van der Waals surface area contributed by atoms with Gasteiger partial charge in [-0.2, -0.15) is 0 Å². The number of aliphatic hydroxyl groups excluding tert-OH is 3. The normalized spacial score (nSPS) is 16.6. The minimum atomic E-state index is -4.40. The number of carbonyl (C=O) groups is 1. The maximum absolute atomic E-state index is 12.8. The van der Waals surface area contributed by atoms with Gasteiger partial charge >= 0.3 is 7.82 Å². The van der Waals surface area contributed by atoms with Gasteiger partial charge in [0.05, 0.1) is 52.1 Å². The summed E-state index contributed by atoms with van der Waals surface area (Å²) in [5.41, 5.74) is 0. The van der Waals surface area contributed by atoms with Crippen molar-refractivity contribution in [1.82, 2.24) is 5.32 Å². The van der Waals surface area contributed by atoms with Crippen LogP contribution in [0.1, 0.15) is 110 Å². The summed E-state index contributed by atoms with van der Waals surface area (Å²) >= 11 is 0. The van der Waals surface area contributed by atoms with Gasteiger partial charge in [0.1, 0.15) is 13.2 Å². The van der Waals surface area contributed by atoms with Crippen molar-refractivity contribution in [3.05, 3.63) is 97.2 Å². The Morgan fingerprint density at radius 2 is 1.35 bits per heavy atom. The third-order valence-corrected chi connectivity index (χ3v) is 9.20. The van der Waals surface area contributed by atoms with Gasteiger partial charge < -0.3 is 30.0 Å². The second kappa shape index (κ2) is 34.6. The Kier molecular flexibility index (Phi) is 32.9. The number of rotatable bonds is 34. The highest BCUT2D eigenvalue weighted by Crippen LogP contribution is 2.43. The molecule has 0 aromatic heterocycles. The van der Waals surface area contributed by atoms with Crippen molar-refractivity contribution in [1.29, 1.82) is 0 Å². The number of nitrogens with zero attached hydrogens (tertiary/aromatic N) is 1. The van der Waals surface area contributed by atoms with Gasteiger partial charge in [0, 0.05) is 6.42 Å². The molecule has 10 nitrogen and oxygen atoms in total. The van der Waals surface area contributed by atoms with Crippen LogP contribution in [0.2, 0.25) is 0 Å². The molecule has 0 aromatic rings. The largest absolute Gasteiger partial charge is 0.472 e. The van der Waals surface area contributed by atoms with E-state index in [1.54, 1.807) is 30.4 Å². The Morgan fingerprint density at radius 1 is 0.709 bits per heavy atom. The van der Waals surface area contributed by atoms with E-state index in [9.17, 15) is 29.6 Å². The van der Waals surface area contributed by atoms with Crippen LogP contribution < -0.4 is 5.32 Å². The number of hydrogen-bond donors (Lipinski definition) is 5. The average molecular weight is 792 g/mol. The summed E-state index contributed by atoms with van der Waals surface area (Å²) in [5.74, 6) is -0.332. The predicted molar refractivity (Wildman–Crippen MR) is 228 cm³/mol. The first-order chi connectivity index (χ1) is 26.3. The van der Waals surface area contributed by atoms with Gasteiger partial charge in [0.25, 0.3) is 0 Å². The predicted octanol–water partition coefficient (Wildman–Crippen LogP) is 8.73. The molecule has 55 heavy (non-hydrogen) atoms. The van der Waals surface area contributed by atoms with E-state index in [4.69, 9.17) is 9.05 Å². The molecule has 0 bridgehead atoms. The number of carbonyl (C=O) groups excluding carboxylic acids is 1. The van der Waals surface area contributed by atoms with E-state index < -0.39 is 38.8 Å². The number of phosphoric acid groups is 1. The van der Waals surface area contributed by atoms with E-state index in [1.807, 2.05) is 75.8 Å². The first-order valence-electron chi connectivity index (χ1n) is 20.4. The fourth-order valence-electron chi connectivity index (χ4n) is 4.91. The third-order valence-electron chi connectivity index (χ3n) is 8.21. The molecule has 5 N–H and O–H groups in total. The number of quaternary nitrogens is 1. The minimum absolute atomic E-state index is 0.0123. The molecule has 11 heteroatoms. The van der Waals surface area contributed by atoms with Gasteiger partial charge in [-0.1, -0.05) is 143 Å². The van der Waals surface area contributed by atoms with Crippen molar-refractivity contribution in [3.63, 3.8) is 0 Å². The quantitative estimate of drug-likeness (QED) is 0.0143. The van der Waals surface area contributed by atoms with Crippen LogP contribution in [0.4, 0.5) is 0 Å². The summed E-state index contributed by atoms with van der Waals surface area (Å²) in [5, 5.41) is 33.7. The van der Waals surface area contributed by atoms with Crippen LogP contribution in [-0.4, -0.2) is 95.9 Å². The molecule has 0 aliphatic heterocycles. The molecular weight excluding hydrogens is 715 g/mol. The number of likely N-dealkylation sites (N-methyl/N-ethyl adjacent to an activating group) is 1. The molecule has 0 spiro atoms. The number of allylic oxidation sites excluding steroid dienone is 11. The molecule has 0 aliphatic carbocycles. The molecule has 0 aliphatic rings. The van der Waals surface area contributed by atoms with Crippen molar-refractivity contribution in [2.24, 2.45) is 0 Å². The fourth-order valence-corrected chi connectivity index (χ4v) is 5.65. The second-order valence-electron chi connectivity index (χ2n) is 14.7. The first-order valence-corrected chi connectivity index (χ1v) is 21.8. The van der Waals surface area contributed by atoms with Crippen LogP contribution in [-0.2, 0) is 18.4 Å². The van der Waals surface area contributed by atoms with Crippen LogP contribution in [0.25, 0.3) is 0 Å². The second-order valence-corrected chi connectivity index (χ2v) is 16.1. The zero-order valence-corrected chi connectivity index (χ0v) is 35.5. The van der Waals surface area contributed by atoms with Gasteiger partial charge in [0.2, 0.25) is 5.91 Å². The Bertz CT molecular complexity index is 1250. The summed E-state index contributed by atoms with van der Waals surface area (Å²) < 4.78 is 23.4. The zero-order chi connectivity index (χ0) is 41.0. The molecule has 0 radical (unpaired) electrons. The van der Waals surface area contributed by atoms with Crippen LogP contribution in [0.3, 0.4) is 0 Å². The Morgan fingerprint density at radius 3 is 2.05 bits per heavy atom. The van der Waals surface area contributed by atoms with Gasteiger partial charge in [-0.25, -0.2) is 4.57 Å². The Labute approximate surface area is 334 Å². The number of phosphoric ester groups is 1. The SMILES string of the molecule is CC/C=C\C[C@H](O)/C=C/C=C\C/C=C\C=C\[C@H](O)/C=C\CCCC(=O)N[C@@H](COP(=O)(O)OCC[N+](C)(C)C)[C@H](O)/C=C/CC/C=C\CCCCCCCC. The Balaban J connectivity index is 4.82. The van der Waals surface area contributed by atoms with Crippen molar-refractivity contribution < 1.29 is 43.1 Å². The monoisotopic (exact) mass is 792 g/mol. The third kappa shape index (κ3) is 36.7. The molecule has 0 fully saturated rings. The average Bonchev–Trinajstić information content (AvgIpc) is 3.12. The van der Waals surface area contributed by atoms with Crippen molar-refractivity contribution >= 4 is 13.7 Å². The topological polar surface area (TPSA) is 146 Å². The van der Waals surface area contributed by atoms with Gasteiger partial charge in [-0.15, -0.1) is 0 Å². The van der Waals surface area contributed by atoms with Crippen LogP contribution >= 0.6 is 7.82 Å². The van der Waals surface area contributed by atoms with E-state index in [2.05, 4.69) is 31.3 Å². The number of aliphatic hydroxyl groups is 3. The highest BCUT2D eigenvalue weighted by atomic mass is 31.2. The zero-order valence-electron chi connectivity index (χ0n) is 34.6. The maximum atomic E-state index is 12.8. The summed E-state index contributed by atoms with van der Waals surface area (Å²) in [7, 11) is 1.40. The molecule has 1 unspecified atom stereocenters. The highest BCUT2D eigenvalue weighted by Gasteiger charge is 2.27. The van der Waals surface area contributed by atoms with Gasteiger partial charge in [0.15, 0.2) is 0 Å². The van der Waals surface area contributed by atoms with Crippen LogP contribution in [0.5, 0.6) is 0 Å². The molecule has 5 atom stereocenters. The number of amides is 1. The van der Waals surface area contributed by atoms with E-state index in [0.29, 0.717) is 36.7 Å². The lowest BCUT2D eigenvalue weighted by atomic mass is 10.1. The van der Waals surface area contributed by atoms with Gasteiger partial charge in [-0.05, 0) is 57.8 Å². The molecule has 0 saturated carbocycles. The molecule has 0 aromatic carbocycles. The Hall–Kier alpha value is -2.66. The van der Waals surface area contributed by atoms with Crippen molar-refractivity contribution in [3.8, 4) is 0 Å². The van der Waals surface area contributed by atoms with E-state index in [0.717, 1.165) is 25.7 Å². The van der Waals surface area contributed by atoms with E-state index in [-0.39, 0.29) is 18.9 Å². The summed E-state index contributed by atoms with van der Waals surface area (Å²) in [4.78, 5) is 23.0. The fraction of sp³-hybridized carbons (Fsp3) is 0.614. The lowest BCUT2D eigenvalue weighted by Crippen LogP contribution is -2.45. The van der Waals surface area contributed by atoms with E-state index >= 15 is 0 Å². The molecular formula is C44H76N2O8P+. The molecule has 314 valence electrons. The van der Waals surface area contributed by atoms with Crippen molar-refractivity contribution in [2.75, 3.05) is 40.9 Å². The van der Waals surface area contributed by atoms with E-state index in [1.165, 1.54) is 38.5 Å². The standard InChI is InChI=1S/C44H75N2O8P/c1-6-8-10-11-12-13-14-15-16-20-23-29-35-43(49)42(39-54-55(51,52)53-38-37-46(3,4)5)45-44(50)36-30-24-28-34-41(48)33-27-22-19-17-18-21-26-32-40(47)31-25-9-7-2/h9,15-16,18-19,21-22,25-29,32-35,40-43,47-49H,6-8,10-14,17,20,23-24,30-31,36-39H2,1-5H3,(H-,45,50,51,52)/p+1/b16-15-,21-18-,22-19-,25-9-,32-26+,33-27+,34-28-,35-29+/t40-,41-,42-,43+/m0/s1. The molecule has 0 saturated heterocycles. The number of unbranched alkanes of at least 4 members (excludes halogenated alkanes) is 8. The minimum Gasteiger partial charge on any atom is -0.389 e. The van der Waals surface area contributed by atoms with Gasteiger partial charge in [-0.3, -0.25) is 13.8 Å². The summed E-state index contributed by atoms with van der Waals surface area (Å²) in [6.45, 7) is 4.38. The summed E-state index contributed by atoms with van der Waals surface area (Å²) in [6.07, 6.45) is 41.3. The maximum Gasteiger partial charge on any atom is 0.472 e. The lowest BCUT2D eigenvalue weighted by molar-refractivity contribution is -0.870. The van der Waals surface area contributed by atoms with Crippen LogP contribution in [0.15, 0.2) is 97.2 Å².